The molecule has 1 aliphatic rings. The number of nitrogens with two attached hydrogens (primary N) is 1. The number of ether oxygens (including phenoxy) is 2. The summed E-state index contributed by atoms with van der Waals surface area (Å²) >= 11 is 5.82. The molecule has 1 fully saturated rings. The Kier molecular flexibility index (Phi) is 7.57. The maximum atomic E-state index is 11.5. The maximum absolute atomic E-state index is 11.5. The van der Waals surface area contributed by atoms with Gasteiger partial charge in [-0.2, -0.15) is 9.97 Å². The van der Waals surface area contributed by atoms with Crippen molar-refractivity contribution in [3.05, 3.63) is 11.6 Å². The second-order valence-corrected chi connectivity index (χ2v) is 10.5. The fourth-order valence-electron chi connectivity index (χ4n) is 2.80. The van der Waals surface area contributed by atoms with E-state index in [0.717, 1.165) is 7.11 Å². The highest BCUT2D eigenvalue weighted by Gasteiger charge is 2.40. The van der Waals surface area contributed by atoms with Gasteiger partial charge >= 0.3 is 7.60 Å². The minimum absolute atomic E-state index is 0.0442. The molecule has 0 aliphatic carbocycles. The molecule has 164 valence electrons. The Hall–Kier alpha value is -1.38. The van der Waals surface area contributed by atoms with E-state index in [4.69, 9.17) is 31.9 Å². The van der Waals surface area contributed by atoms with Crippen LogP contribution in [0.3, 0.4) is 0 Å². The lowest BCUT2D eigenvalue weighted by Crippen LogP contribution is -2.28. The molecule has 3 heterocycles. The fourth-order valence-corrected chi connectivity index (χ4v) is 5.57. The second-order valence-electron chi connectivity index (χ2n) is 6.05. The number of aliphatic hydroxyl groups excluding tert-OH is 1. The molecule has 29 heavy (non-hydrogen) atoms. The maximum Gasteiger partial charge on any atom is 0.369 e. The molecular formula is C13H21ClN5O8PS. The minimum Gasteiger partial charge on any atom is -0.400 e. The molecule has 16 heteroatoms. The zero-order valence-electron chi connectivity index (χ0n) is 15.4. The van der Waals surface area contributed by atoms with Gasteiger partial charge in [-0.25, -0.2) is 13.4 Å². The number of imidazole rings is 1. The van der Waals surface area contributed by atoms with Gasteiger partial charge in [0.2, 0.25) is 5.28 Å². The van der Waals surface area contributed by atoms with Gasteiger partial charge in [-0.05, 0) is 24.4 Å². The van der Waals surface area contributed by atoms with Crippen LogP contribution in [0.2, 0.25) is 5.28 Å². The summed E-state index contributed by atoms with van der Waals surface area (Å²) in [6.07, 6.45) is 2.07. The first kappa shape index (κ1) is 23.9. The second kappa shape index (κ2) is 9.18. The highest BCUT2D eigenvalue weighted by Crippen LogP contribution is 2.45. The third kappa shape index (κ3) is 5.61. The molecule has 3 atom stereocenters. The van der Waals surface area contributed by atoms with Crippen molar-refractivity contribution in [3.8, 4) is 0 Å². The van der Waals surface area contributed by atoms with Crippen LogP contribution >= 0.6 is 19.2 Å². The van der Waals surface area contributed by atoms with Crippen molar-refractivity contribution in [3.63, 3.8) is 0 Å². The minimum atomic E-state index is -4.99. The van der Waals surface area contributed by atoms with E-state index >= 15 is 0 Å². The van der Waals surface area contributed by atoms with Gasteiger partial charge in [0.1, 0.15) is 11.7 Å². The van der Waals surface area contributed by atoms with E-state index < -0.39 is 34.9 Å². The van der Waals surface area contributed by atoms with E-state index in [1.807, 2.05) is 0 Å². The fraction of sp³-hybridized carbons (Fsp3) is 0.615. The molecule has 1 saturated heterocycles. The smallest absolute Gasteiger partial charge is 0.369 e. The Morgan fingerprint density at radius 3 is 2.66 bits per heavy atom. The first-order valence-electron chi connectivity index (χ1n) is 8.08. The number of sulfone groups is 1. The SMILES string of the molecule is CO.CS(=O)(=O)C(OCC1CCC(n2cnc3c(N)nc(Cl)nc32)O1)P(=O)(O)O. The molecule has 0 bridgehead atoms. The lowest BCUT2D eigenvalue weighted by molar-refractivity contribution is -0.0390. The summed E-state index contributed by atoms with van der Waals surface area (Å²) < 4.78 is 46.8. The summed E-state index contributed by atoms with van der Waals surface area (Å²) in [5.41, 5.74) is 6.50. The van der Waals surface area contributed by atoms with Crippen molar-refractivity contribution in [2.75, 3.05) is 25.7 Å². The highest BCUT2D eigenvalue weighted by atomic mass is 35.5. The zero-order valence-corrected chi connectivity index (χ0v) is 17.9. The van der Waals surface area contributed by atoms with Crippen molar-refractivity contribution in [1.29, 1.82) is 0 Å². The number of rotatable bonds is 6. The predicted molar refractivity (Wildman–Crippen MR) is 103 cm³/mol. The lowest BCUT2D eigenvalue weighted by atomic mass is 10.2. The van der Waals surface area contributed by atoms with Crippen molar-refractivity contribution in [2.24, 2.45) is 0 Å². The summed E-state index contributed by atoms with van der Waals surface area (Å²) in [5, 5.41) is 4.73. The average Bonchev–Trinajstić information content (AvgIpc) is 3.21. The molecule has 0 spiro atoms. The van der Waals surface area contributed by atoms with Crippen molar-refractivity contribution >= 4 is 46.0 Å². The first-order chi connectivity index (χ1) is 13.5. The average molecular weight is 474 g/mol. The van der Waals surface area contributed by atoms with Crippen LogP contribution in [-0.4, -0.2) is 74.1 Å². The van der Waals surface area contributed by atoms with E-state index in [2.05, 4.69) is 15.0 Å². The van der Waals surface area contributed by atoms with Gasteiger partial charge < -0.3 is 30.1 Å². The Bertz CT molecular complexity index is 1010. The number of aromatic nitrogens is 4. The summed E-state index contributed by atoms with van der Waals surface area (Å²) in [6, 6.07) is 0. The number of anilines is 1. The van der Waals surface area contributed by atoms with Crippen LogP contribution in [0, 0.1) is 0 Å². The van der Waals surface area contributed by atoms with Gasteiger partial charge in [0, 0.05) is 13.4 Å². The molecule has 0 saturated carbocycles. The van der Waals surface area contributed by atoms with Gasteiger partial charge in [0.25, 0.3) is 5.18 Å². The summed E-state index contributed by atoms with van der Waals surface area (Å²) in [4.78, 5) is 30.4. The standard InChI is InChI=1S/C12H17ClN5O7PS.CH4O/c1-27(22,23)12(26(19,20)21)24-4-6-2-3-7(25-6)18-5-15-8-9(14)16-11(13)17-10(8)18;1-2/h5-7,12H,2-4H2,1H3,(H2,14,16,17)(H2,19,20,21);2H,1H3. The van der Waals surface area contributed by atoms with Gasteiger partial charge in [-0.3, -0.25) is 9.13 Å². The number of nitrogen functional groups attached to an aromatic ring is 1. The van der Waals surface area contributed by atoms with E-state index in [0.29, 0.717) is 30.3 Å². The quantitative estimate of drug-likeness (QED) is 0.320. The Labute approximate surface area is 170 Å². The molecule has 0 amide bonds. The molecule has 13 nitrogen and oxygen atoms in total. The van der Waals surface area contributed by atoms with Crippen LogP contribution in [0.1, 0.15) is 19.1 Å². The van der Waals surface area contributed by atoms with Gasteiger partial charge in [0.15, 0.2) is 21.3 Å². The normalized spacial score (nSPS) is 21.0. The molecule has 0 aromatic carbocycles. The van der Waals surface area contributed by atoms with Crippen LogP contribution in [0.15, 0.2) is 6.33 Å². The predicted octanol–water partition coefficient (Wildman–Crippen LogP) is -0.129. The third-order valence-electron chi connectivity index (χ3n) is 3.88. The van der Waals surface area contributed by atoms with Crippen LogP contribution in [0.5, 0.6) is 0 Å². The molecule has 1 aliphatic heterocycles. The Morgan fingerprint density at radius 2 is 2.07 bits per heavy atom. The summed E-state index contributed by atoms with van der Waals surface area (Å²) in [7, 11) is -8.10. The van der Waals surface area contributed by atoms with E-state index in [1.54, 1.807) is 4.57 Å². The van der Waals surface area contributed by atoms with Crippen molar-refractivity contribution in [2.45, 2.75) is 30.4 Å². The zero-order chi connectivity index (χ0) is 22.0. The van der Waals surface area contributed by atoms with Crippen LogP contribution < -0.4 is 5.73 Å². The summed E-state index contributed by atoms with van der Waals surface area (Å²) in [6.45, 7) is -0.302. The molecule has 5 N–H and O–H groups in total. The van der Waals surface area contributed by atoms with Crippen LogP contribution in [0.25, 0.3) is 11.2 Å². The Balaban J connectivity index is 0.00000145. The number of aliphatic hydroxyl groups is 1. The topological polar surface area (TPSA) is 200 Å². The lowest BCUT2D eigenvalue weighted by Gasteiger charge is -2.20. The van der Waals surface area contributed by atoms with Crippen LogP contribution in [0.4, 0.5) is 5.82 Å². The number of hydrogen-bond acceptors (Lipinski definition) is 10. The molecule has 2 aromatic heterocycles. The molecule has 3 unspecified atom stereocenters. The third-order valence-corrected chi connectivity index (χ3v) is 7.59. The van der Waals surface area contributed by atoms with Gasteiger partial charge in [-0.1, -0.05) is 0 Å². The summed E-state index contributed by atoms with van der Waals surface area (Å²) in [5.74, 6) is 0.124. The van der Waals surface area contributed by atoms with Crippen molar-refractivity contribution in [1.82, 2.24) is 19.5 Å². The number of nitrogens with zero attached hydrogens (tertiary/aromatic N) is 4. The van der Waals surface area contributed by atoms with Gasteiger partial charge in [0.05, 0.1) is 19.0 Å². The van der Waals surface area contributed by atoms with Gasteiger partial charge in [-0.15, -0.1) is 0 Å². The Morgan fingerprint density at radius 1 is 1.41 bits per heavy atom. The van der Waals surface area contributed by atoms with E-state index in [9.17, 15) is 22.8 Å². The monoisotopic (exact) mass is 473 g/mol. The number of halogens is 1. The van der Waals surface area contributed by atoms with E-state index in [1.165, 1.54) is 6.33 Å². The molecule has 2 aromatic rings. The number of fused-ring (bicyclic) bond motifs is 1. The van der Waals surface area contributed by atoms with E-state index in [-0.39, 0.29) is 17.7 Å². The van der Waals surface area contributed by atoms with Crippen LogP contribution in [-0.2, 0) is 23.9 Å². The highest BCUT2D eigenvalue weighted by molar-refractivity contribution is 7.97. The van der Waals surface area contributed by atoms with Crippen molar-refractivity contribution < 1.29 is 37.3 Å². The largest absolute Gasteiger partial charge is 0.400 e. The molecule has 0 radical (unpaired) electrons. The molecule has 3 rings (SSSR count). The molecular weight excluding hydrogens is 453 g/mol. The first-order valence-corrected chi connectivity index (χ1v) is 12.1. The number of hydrogen-bond donors (Lipinski definition) is 4.